The molecule has 0 unspecified atom stereocenters. The Kier molecular flexibility index (Phi) is 1.97. The van der Waals surface area contributed by atoms with E-state index in [4.69, 9.17) is 5.11 Å². The second-order valence-corrected chi connectivity index (χ2v) is 0.794. The monoisotopic (exact) mass is 85.0 g/mol. The van der Waals surface area contributed by atoms with Crippen LogP contribution in [0.1, 0.15) is 0 Å². The van der Waals surface area contributed by atoms with Crippen molar-refractivity contribution >= 4 is 6.29 Å². The lowest BCUT2D eigenvalue weighted by atomic mass is 10.4. The van der Waals surface area contributed by atoms with E-state index in [-0.39, 0.29) is 5.76 Å². The van der Waals surface area contributed by atoms with Crippen LogP contribution in [0.5, 0.6) is 0 Å². The number of hydrogen-bond donors (Lipinski definition) is 1. The van der Waals surface area contributed by atoms with Crippen LogP contribution in [0.15, 0.2) is 12.3 Å². The smallest absolute Gasteiger partial charge is 0.278 e. The highest BCUT2D eigenvalue weighted by Crippen LogP contribution is 1.80. The average Bonchev–Trinajstić information content (AvgIpc) is 1.35. The van der Waals surface area contributed by atoms with Crippen molar-refractivity contribution in [1.82, 2.24) is 0 Å². The van der Waals surface area contributed by atoms with Crippen LogP contribution in [0, 0.1) is 6.42 Å². The van der Waals surface area contributed by atoms with Crippen molar-refractivity contribution in [3.8, 4) is 0 Å². The minimum atomic E-state index is -0.204. The molecule has 0 saturated carbocycles. The van der Waals surface area contributed by atoms with Crippen molar-refractivity contribution in [3.05, 3.63) is 18.8 Å². The van der Waals surface area contributed by atoms with Gasteiger partial charge in [0.05, 0.1) is 6.58 Å². The molecule has 2 heteroatoms. The van der Waals surface area contributed by atoms with Gasteiger partial charge in [0, 0.05) is 0 Å². The predicted octanol–water partition coefficient (Wildman–Crippen LogP) is 0.461. The summed E-state index contributed by atoms with van der Waals surface area (Å²) in [4.78, 5) is 9.34. The van der Waals surface area contributed by atoms with E-state index in [1.54, 1.807) is 0 Å². The summed E-state index contributed by atoms with van der Waals surface area (Å²) in [7, 11) is 0. The van der Waals surface area contributed by atoms with E-state index >= 15 is 0 Å². The highest BCUT2D eigenvalue weighted by Gasteiger charge is 1.91. The lowest BCUT2D eigenvalue weighted by Gasteiger charge is -1.68. The standard InChI is InChI=1S/C4H4O2/c1-4(6)2-3-5/h2-3H,1H2/p+1. The van der Waals surface area contributed by atoms with E-state index in [0.717, 1.165) is 6.42 Å². The summed E-state index contributed by atoms with van der Waals surface area (Å²) in [6.45, 7) is 3.01. The molecule has 0 spiro atoms. The molecule has 0 aliphatic heterocycles. The maximum absolute atomic E-state index is 9.34. The van der Waals surface area contributed by atoms with Gasteiger partial charge in [0.25, 0.3) is 5.76 Å². The van der Waals surface area contributed by atoms with Crippen LogP contribution in [0.3, 0.4) is 0 Å². The lowest BCUT2D eigenvalue weighted by molar-refractivity contribution is -0.105. The number of aldehydes is 1. The largest absolute Gasteiger partial charge is 0.478 e. The minimum Gasteiger partial charge on any atom is -0.478 e. The molecule has 0 heterocycles. The average molecular weight is 85.1 g/mol. The van der Waals surface area contributed by atoms with Gasteiger partial charge in [0.2, 0.25) is 6.29 Å². The Labute approximate surface area is 36.1 Å². The van der Waals surface area contributed by atoms with Crippen LogP contribution in [0.2, 0.25) is 0 Å². The van der Waals surface area contributed by atoms with Crippen molar-refractivity contribution in [2.45, 2.75) is 0 Å². The SMILES string of the molecule is C=C(O)[CH+]C=O. The molecule has 0 radical (unpaired) electrons. The van der Waals surface area contributed by atoms with Crippen LogP contribution in [0.4, 0.5) is 0 Å². The zero-order valence-electron chi connectivity index (χ0n) is 3.22. The molecule has 6 heavy (non-hydrogen) atoms. The molecule has 0 rings (SSSR count). The van der Waals surface area contributed by atoms with Crippen molar-refractivity contribution in [2.75, 3.05) is 0 Å². The highest BCUT2D eigenvalue weighted by atomic mass is 16.3. The third kappa shape index (κ3) is 3.08. The highest BCUT2D eigenvalue weighted by molar-refractivity contribution is 5.65. The summed E-state index contributed by atoms with van der Waals surface area (Å²) in [6, 6.07) is 0. The van der Waals surface area contributed by atoms with Crippen LogP contribution in [-0.4, -0.2) is 11.4 Å². The van der Waals surface area contributed by atoms with E-state index in [9.17, 15) is 4.79 Å². The van der Waals surface area contributed by atoms with E-state index in [2.05, 4.69) is 6.58 Å². The molecule has 0 aromatic rings. The Morgan fingerprint density at radius 1 is 2.00 bits per heavy atom. The van der Waals surface area contributed by atoms with Crippen LogP contribution >= 0.6 is 0 Å². The molecule has 0 amide bonds. The van der Waals surface area contributed by atoms with Gasteiger partial charge >= 0.3 is 0 Å². The molecule has 2 nitrogen and oxygen atoms in total. The zero-order valence-corrected chi connectivity index (χ0v) is 3.22. The van der Waals surface area contributed by atoms with E-state index in [1.807, 2.05) is 0 Å². The van der Waals surface area contributed by atoms with Gasteiger partial charge in [-0.1, -0.05) is 0 Å². The third-order valence-electron chi connectivity index (χ3n) is 0.260. The quantitative estimate of drug-likeness (QED) is 0.300. The summed E-state index contributed by atoms with van der Waals surface area (Å²) in [5.41, 5.74) is 0. The van der Waals surface area contributed by atoms with Crippen LogP contribution in [0.25, 0.3) is 0 Å². The maximum Gasteiger partial charge on any atom is 0.278 e. The minimum absolute atomic E-state index is 0.204. The molecule has 0 aromatic heterocycles. The molecule has 0 atom stereocenters. The number of carbonyl (C=O) groups is 1. The van der Waals surface area contributed by atoms with Gasteiger partial charge in [-0.2, -0.15) is 0 Å². The summed E-state index contributed by atoms with van der Waals surface area (Å²) in [5.74, 6) is -0.204. The van der Waals surface area contributed by atoms with Gasteiger partial charge < -0.3 is 5.11 Å². The molecule has 0 bridgehead atoms. The molecule has 32 valence electrons. The molecule has 0 saturated heterocycles. The Morgan fingerprint density at radius 2 is 2.50 bits per heavy atom. The number of carbonyl (C=O) groups excluding carboxylic acids is 1. The zero-order chi connectivity index (χ0) is 4.99. The molecular formula is C4H5O2+. The first-order valence-corrected chi connectivity index (χ1v) is 1.43. The molecular weight excluding hydrogens is 80.0 g/mol. The summed E-state index contributed by atoms with van der Waals surface area (Å²) in [6.07, 6.45) is 1.45. The van der Waals surface area contributed by atoms with E-state index < -0.39 is 0 Å². The van der Waals surface area contributed by atoms with E-state index in [1.165, 1.54) is 0 Å². The lowest BCUT2D eigenvalue weighted by Crippen LogP contribution is -1.77. The second-order valence-electron chi connectivity index (χ2n) is 0.794. The molecule has 0 aliphatic rings. The van der Waals surface area contributed by atoms with Crippen molar-refractivity contribution < 1.29 is 9.90 Å². The van der Waals surface area contributed by atoms with Crippen molar-refractivity contribution in [1.29, 1.82) is 0 Å². The molecule has 0 aromatic carbocycles. The first kappa shape index (κ1) is 5.08. The fourth-order valence-electron chi connectivity index (χ4n) is 0.0785. The Balaban J connectivity index is 3.05. The Morgan fingerprint density at radius 3 is 2.50 bits per heavy atom. The van der Waals surface area contributed by atoms with Gasteiger partial charge in [-0.25, -0.2) is 0 Å². The van der Waals surface area contributed by atoms with Gasteiger partial charge in [0.1, 0.15) is 0 Å². The van der Waals surface area contributed by atoms with Crippen LogP contribution in [-0.2, 0) is 4.79 Å². The molecule has 1 N–H and O–H groups in total. The number of allylic oxidation sites excluding steroid dienone is 1. The second kappa shape index (κ2) is 2.33. The van der Waals surface area contributed by atoms with Gasteiger partial charge in [-0.15, -0.1) is 0 Å². The Bertz CT molecular complexity index is 65.9. The summed E-state index contributed by atoms with van der Waals surface area (Å²) >= 11 is 0. The Hall–Kier alpha value is -0.920. The number of aliphatic hydroxyl groups excluding tert-OH is 1. The first-order chi connectivity index (χ1) is 2.77. The first-order valence-electron chi connectivity index (χ1n) is 1.43. The third-order valence-corrected chi connectivity index (χ3v) is 0.260. The van der Waals surface area contributed by atoms with Crippen molar-refractivity contribution in [3.63, 3.8) is 0 Å². The molecule has 0 fully saturated rings. The maximum atomic E-state index is 9.34. The molecule has 0 aliphatic carbocycles. The predicted molar refractivity (Wildman–Crippen MR) is 22.1 cm³/mol. The number of aliphatic hydroxyl groups is 1. The van der Waals surface area contributed by atoms with Gasteiger partial charge in [-0.3, -0.25) is 4.79 Å². The summed E-state index contributed by atoms with van der Waals surface area (Å²) in [5, 5.41) is 8.07. The van der Waals surface area contributed by atoms with Crippen LogP contribution < -0.4 is 0 Å². The fraction of sp³-hybridized carbons (Fsp3) is 0. The normalized spacial score (nSPS) is 6.67. The number of hydrogen-bond acceptors (Lipinski definition) is 2. The summed E-state index contributed by atoms with van der Waals surface area (Å²) < 4.78 is 0. The number of rotatable bonds is 2. The topological polar surface area (TPSA) is 37.3 Å². The fourth-order valence-corrected chi connectivity index (χ4v) is 0.0785. The van der Waals surface area contributed by atoms with Gasteiger partial charge in [-0.05, 0) is 0 Å². The van der Waals surface area contributed by atoms with Crippen molar-refractivity contribution in [2.24, 2.45) is 0 Å². The van der Waals surface area contributed by atoms with Gasteiger partial charge in [0.15, 0.2) is 6.42 Å². The van der Waals surface area contributed by atoms with E-state index in [0.29, 0.717) is 6.29 Å².